The van der Waals surface area contributed by atoms with Gasteiger partial charge in [0, 0.05) is 24.2 Å². The maximum absolute atomic E-state index is 12.2. The van der Waals surface area contributed by atoms with Crippen LogP contribution in [-0.4, -0.2) is 41.3 Å². The van der Waals surface area contributed by atoms with Crippen molar-refractivity contribution in [3.63, 3.8) is 0 Å². The summed E-state index contributed by atoms with van der Waals surface area (Å²) < 4.78 is 5.17. The fourth-order valence-electron chi connectivity index (χ4n) is 2.71. The largest absolute Gasteiger partial charge is 0.495 e. The smallest absolute Gasteiger partial charge is 0.280 e. The molecule has 0 saturated heterocycles. The molecule has 1 aromatic carbocycles. The van der Waals surface area contributed by atoms with E-state index >= 15 is 0 Å². The van der Waals surface area contributed by atoms with Gasteiger partial charge in [-0.3, -0.25) is 24.3 Å². The molecule has 2 aromatic rings. The number of anilines is 1. The van der Waals surface area contributed by atoms with Crippen LogP contribution in [0, 0.1) is 0 Å². The summed E-state index contributed by atoms with van der Waals surface area (Å²) in [5, 5.41) is 3.19. The van der Waals surface area contributed by atoms with E-state index in [1.165, 1.54) is 13.3 Å². The molecule has 1 aliphatic heterocycles. The van der Waals surface area contributed by atoms with E-state index in [2.05, 4.69) is 10.3 Å². The first kappa shape index (κ1) is 17.9. The third-order valence-electron chi connectivity index (χ3n) is 3.95. The van der Waals surface area contributed by atoms with Crippen molar-refractivity contribution in [1.82, 2.24) is 9.88 Å². The number of rotatable bonds is 6. The number of methoxy groups -OCH3 is 1. The minimum atomic E-state index is -0.428. The summed E-state index contributed by atoms with van der Waals surface area (Å²) >= 11 is 5.93. The Hall–Kier alpha value is -2.93. The highest BCUT2D eigenvalue weighted by molar-refractivity contribution is 6.31. The SMILES string of the molecule is COc1ccc(Cl)cc1NC(=O)CCCN1C(=O)c2cccnc2C1=O. The molecule has 1 aromatic heterocycles. The lowest BCUT2D eigenvalue weighted by Crippen LogP contribution is -2.31. The minimum Gasteiger partial charge on any atom is -0.495 e. The van der Waals surface area contributed by atoms with Crippen LogP contribution >= 0.6 is 11.6 Å². The molecule has 0 aliphatic carbocycles. The zero-order valence-electron chi connectivity index (χ0n) is 14.0. The number of nitrogens with zero attached hydrogens (tertiary/aromatic N) is 2. The average Bonchev–Trinajstić information content (AvgIpc) is 2.87. The number of halogens is 1. The molecule has 0 fully saturated rings. The standard InChI is InChI=1S/C18H16ClN3O4/c1-26-14-7-6-11(19)10-13(14)21-15(23)5-3-9-22-17(24)12-4-2-8-20-16(12)18(22)25/h2,4,6-8,10H,3,5,9H2,1H3,(H,21,23). The van der Waals surface area contributed by atoms with Gasteiger partial charge in [0.05, 0.1) is 18.4 Å². The summed E-state index contributed by atoms with van der Waals surface area (Å²) in [7, 11) is 1.50. The van der Waals surface area contributed by atoms with Gasteiger partial charge in [-0.25, -0.2) is 0 Å². The number of carbonyl (C=O) groups is 3. The van der Waals surface area contributed by atoms with Crippen molar-refractivity contribution in [2.24, 2.45) is 0 Å². The van der Waals surface area contributed by atoms with E-state index in [9.17, 15) is 14.4 Å². The number of pyridine rings is 1. The molecular weight excluding hydrogens is 358 g/mol. The van der Waals surface area contributed by atoms with Crippen LogP contribution in [0.5, 0.6) is 5.75 Å². The van der Waals surface area contributed by atoms with Crippen LogP contribution in [0.15, 0.2) is 36.5 Å². The van der Waals surface area contributed by atoms with Crippen molar-refractivity contribution in [3.05, 3.63) is 52.8 Å². The zero-order valence-corrected chi connectivity index (χ0v) is 14.7. The quantitative estimate of drug-likeness (QED) is 0.786. The highest BCUT2D eigenvalue weighted by atomic mass is 35.5. The molecular formula is C18H16ClN3O4. The molecule has 0 radical (unpaired) electrons. The first-order valence-corrected chi connectivity index (χ1v) is 8.33. The summed E-state index contributed by atoms with van der Waals surface area (Å²) in [6, 6.07) is 8.09. The second kappa shape index (κ2) is 7.53. The van der Waals surface area contributed by atoms with Gasteiger partial charge in [-0.05, 0) is 36.8 Å². The lowest BCUT2D eigenvalue weighted by Gasteiger charge is -2.14. The van der Waals surface area contributed by atoms with Crippen LogP contribution in [-0.2, 0) is 4.79 Å². The molecule has 0 saturated carbocycles. The van der Waals surface area contributed by atoms with Crippen LogP contribution in [0.25, 0.3) is 0 Å². The first-order chi connectivity index (χ1) is 12.5. The number of aromatic nitrogens is 1. The van der Waals surface area contributed by atoms with Gasteiger partial charge in [0.1, 0.15) is 11.4 Å². The summed E-state index contributed by atoms with van der Waals surface area (Å²) in [6.07, 6.45) is 1.94. The van der Waals surface area contributed by atoms with Gasteiger partial charge in [0.15, 0.2) is 0 Å². The van der Waals surface area contributed by atoms with Gasteiger partial charge in [-0.15, -0.1) is 0 Å². The van der Waals surface area contributed by atoms with Crippen molar-refractivity contribution in [2.75, 3.05) is 19.0 Å². The first-order valence-electron chi connectivity index (χ1n) is 7.96. The molecule has 2 heterocycles. The van der Waals surface area contributed by atoms with Crippen LogP contribution in [0.2, 0.25) is 5.02 Å². The molecule has 0 atom stereocenters. The number of fused-ring (bicyclic) bond motifs is 1. The Balaban J connectivity index is 1.56. The molecule has 3 amide bonds. The molecule has 0 bridgehead atoms. The second-order valence-corrected chi connectivity index (χ2v) is 6.09. The normalized spacial score (nSPS) is 12.9. The van der Waals surface area contributed by atoms with Gasteiger partial charge in [-0.2, -0.15) is 0 Å². The van der Waals surface area contributed by atoms with Crippen LogP contribution in [0.1, 0.15) is 33.7 Å². The predicted molar refractivity (Wildman–Crippen MR) is 95.5 cm³/mol. The van der Waals surface area contributed by atoms with Crippen LogP contribution in [0.4, 0.5) is 5.69 Å². The molecule has 134 valence electrons. The molecule has 0 spiro atoms. The van der Waals surface area contributed by atoms with Gasteiger partial charge in [0.2, 0.25) is 5.91 Å². The van der Waals surface area contributed by atoms with Gasteiger partial charge >= 0.3 is 0 Å². The average molecular weight is 374 g/mol. The molecule has 1 aliphatic rings. The van der Waals surface area contributed by atoms with Gasteiger partial charge < -0.3 is 10.1 Å². The number of benzene rings is 1. The van der Waals surface area contributed by atoms with Crippen LogP contribution < -0.4 is 10.1 Å². The van der Waals surface area contributed by atoms with Crippen molar-refractivity contribution in [1.29, 1.82) is 0 Å². The summed E-state index contributed by atoms with van der Waals surface area (Å²) in [4.78, 5) is 41.6. The molecule has 8 heteroatoms. The summed E-state index contributed by atoms with van der Waals surface area (Å²) in [5.74, 6) is -0.577. The van der Waals surface area contributed by atoms with Crippen molar-refractivity contribution >= 4 is 35.0 Å². The van der Waals surface area contributed by atoms with E-state index in [1.54, 1.807) is 30.3 Å². The van der Waals surface area contributed by atoms with Gasteiger partial charge in [0.25, 0.3) is 11.8 Å². The molecule has 26 heavy (non-hydrogen) atoms. The number of ether oxygens (including phenoxy) is 1. The highest BCUT2D eigenvalue weighted by Crippen LogP contribution is 2.28. The number of hydrogen-bond acceptors (Lipinski definition) is 5. The highest BCUT2D eigenvalue weighted by Gasteiger charge is 2.36. The second-order valence-electron chi connectivity index (χ2n) is 5.66. The molecule has 7 nitrogen and oxygen atoms in total. The maximum Gasteiger partial charge on any atom is 0.280 e. The minimum absolute atomic E-state index is 0.135. The monoisotopic (exact) mass is 373 g/mol. The van der Waals surface area contributed by atoms with Crippen LogP contribution in [0.3, 0.4) is 0 Å². The Morgan fingerprint density at radius 1 is 1.27 bits per heavy atom. The number of carbonyl (C=O) groups excluding carboxylic acids is 3. The zero-order chi connectivity index (χ0) is 18.7. The Kier molecular flexibility index (Phi) is 5.18. The Bertz CT molecular complexity index is 849. The van der Waals surface area contributed by atoms with E-state index < -0.39 is 5.91 Å². The molecule has 3 rings (SSSR count). The molecule has 0 unspecified atom stereocenters. The van der Waals surface area contributed by atoms with Crippen molar-refractivity contribution in [3.8, 4) is 5.75 Å². The van der Waals surface area contributed by atoms with Gasteiger partial charge in [-0.1, -0.05) is 11.6 Å². The lowest BCUT2D eigenvalue weighted by atomic mass is 10.2. The van der Waals surface area contributed by atoms with E-state index in [1.807, 2.05) is 0 Å². The fourth-order valence-corrected chi connectivity index (χ4v) is 2.88. The maximum atomic E-state index is 12.2. The summed E-state index contributed by atoms with van der Waals surface area (Å²) in [5.41, 5.74) is 0.922. The Morgan fingerprint density at radius 2 is 2.08 bits per heavy atom. The van der Waals surface area contributed by atoms with E-state index in [0.717, 1.165) is 4.90 Å². The number of imide groups is 1. The summed E-state index contributed by atoms with van der Waals surface area (Å²) in [6.45, 7) is 0.147. The number of nitrogens with one attached hydrogen (secondary N) is 1. The Morgan fingerprint density at radius 3 is 2.81 bits per heavy atom. The number of hydrogen-bond donors (Lipinski definition) is 1. The van der Waals surface area contributed by atoms with E-state index in [-0.39, 0.29) is 30.5 Å². The van der Waals surface area contributed by atoms with E-state index in [0.29, 0.717) is 28.4 Å². The third kappa shape index (κ3) is 3.52. The predicted octanol–water partition coefficient (Wildman–Crippen LogP) is 2.76. The molecule has 1 N–H and O–H groups in total. The van der Waals surface area contributed by atoms with Crippen molar-refractivity contribution in [2.45, 2.75) is 12.8 Å². The Labute approximate surface area is 154 Å². The van der Waals surface area contributed by atoms with E-state index in [4.69, 9.17) is 16.3 Å². The van der Waals surface area contributed by atoms with Crippen molar-refractivity contribution < 1.29 is 19.1 Å². The lowest BCUT2D eigenvalue weighted by molar-refractivity contribution is -0.116. The topological polar surface area (TPSA) is 88.6 Å². The number of amides is 3. The fraction of sp³-hybridized carbons (Fsp3) is 0.222. The third-order valence-corrected chi connectivity index (χ3v) is 4.19.